The molecular weight excluding hydrogens is 370 g/mol. The third-order valence-electron chi connectivity index (χ3n) is 5.34. The van der Waals surface area contributed by atoms with Gasteiger partial charge in [0.1, 0.15) is 0 Å². The molecule has 1 fully saturated rings. The van der Waals surface area contributed by atoms with Gasteiger partial charge in [0.25, 0.3) is 0 Å². The summed E-state index contributed by atoms with van der Waals surface area (Å²) < 4.78 is 10.2. The van der Waals surface area contributed by atoms with Crippen molar-refractivity contribution < 1.29 is 19.1 Å². The Labute approximate surface area is 168 Å². The van der Waals surface area contributed by atoms with Crippen LogP contribution in [0, 0.1) is 5.92 Å². The molecule has 2 aliphatic heterocycles. The van der Waals surface area contributed by atoms with Crippen LogP contribution in [0.4, 0.5) is 4.79 Å². The molecule has 0 bridgehead atoms. The summed E-state index contributed by atoms with van der Waals surface area (Å²) in [5.74, 6) is -0.0498. The van der Waals surface area contributed by atoms with Crippen molar-refractivity contribution in [2.45, 2.75) is 18.9 Å². The lowest BCUT2D eigenvalue weighted by molar-refractivity contribution is -0.130. The van der Waals surface area contributed by atoms with Crippen molar-refractivity contribution in [2.24, 2.45) is 10.9 Å². The second-order valence-electron chi connectivity index (χ2n) is 7.13. The number of benzene rings is 2. The van der Waals surface area contributed by atoms with Crippen LogP contribution in [0.2, 0.25) is 0 Å². The first kappa shape index (κ1) is 19.1. The van der Waals surface area contributed by atoms with Gasteiger partial charge in [-0.15, -0.1) is 0 Å². The van der Waals surface area contributed by atoms with E-state index in [1.807, 2.05) is 42.5 Å². The van der Waals surface area contributed by atoms with E-state index in [1.54, 1.807) is 6.08 Å². The lowest BCUT2D eigenvalue weighted by Crippen LogP contribution is -2.43. The van der Waals surface area contributed by atoms with Crippen LogP contribution >= 0.6 is 0 Å². The predicted molar refractivity (Wildman–Crippen MR) is 110 cm³/mol. The molecule has 7 heteroatoms. The van der Waals surface area contributed by atoms with E-state index >= 15 is 0 Å². The third kappa shape index (κ3) is 4.14. The molecular formula is C22H23N3O4. The van der Waals surface area contributed by atoms with Crippen molar-refractivity contribution in [3.05, 3.63) is 59.8 Å². The molecule has 0 aliphatic carbocycles. The molecule has 4 rings (SSSR count). The number of hydrogen-bond donors (Lipinski definition) is 2. The molecule has 1 saturated heterocycles. The van der Waals surface area contributed by atoms with Crippen LogP contribution in [0.3, 0.4) is 0 Å². The molecule has 29 heavy (non-hydrogen) atoms. The summed E-state index contributed by atoms with van der Waals surface area (Å²) >= 11 is 0. The fraction of sp³-hybridized carbons (Fsp3) is 0.318. The first-order valence-electron chi connectivity index (χ1n) is 9.72. The highest BCUT2D eigenvalue weighted by Crippen LogP contribution is 2.25. The van der Waals surface area contributed by atoms with Gasteiger partial charge in [-0.25, -0.2) is 14.6 Å². The van der Waals surface area contributed by atoms with Gasteiger partial charge in [-0.3, -0.25) is 0 Å². The zero-order valence-electron chi connectivity index (χ0n) is 16.2. The van der Waals surface area contributed by atoms with Gasteiger partial charge in [-0.05, 0) is 54.8 Å². The number of piperidine rings is 1. The largest absolute Gasteiger partial charge is 0.453 e. The molecule has 7 nitrogen and oxygen atoms in total. The molecule has 2 N–H and O–H groups in total. The molecule has 2 heterocycles. The first-order chi connectivity index (χ1) is 14.2. The van der Waals surface area contributed by atoms with E-state index in [4.69, 9.17) is 9.47 Å². The molecule has 2 aromatic carbocycles. The van der Waals surface area contributed by atoms with Crippen molar-refractivity contribution in [1.82, 2.24) is 10.6 Å². The summed E-state index contributed by atoms with van der Waals surface area (Å²) in [5.41, 5.74) is 0.965. The number of carbonyl (C=O) groups is 2. The number of alkyl carbamates (subject to hydrolysis) is 1. The van der Waals surface area contributed by atoms with Crippen molar-refractivity contribution >= 4 is 28.7 Å². The number of aliphatic imine (C=N–C) groups is 1. The Kier molecular flexibility index (Phi) is 5.57. The van der Waals surface area contributed by atoms with Crippen LogP contribution in [0.25, 0.3) is 10.8 Å². The van der Waals surface area contributed by atoms with Crippen LogP contribution < -0.4 is 10.6 Å². The average molecular weight is 393 g/mol. The lowest BCUT2D eigenvalue weighted by atomic mass is 9.89. The molecule has 1 atom stereocenters. The number of cyclic esters (lactones) is 1. The standard InChI is InChI=1S/C22H23N3O4/c1-28-22(27)25-18(15-9-11-23-12-10-15)13-19-21(26)29-20(24-19)17-8-4-6-14-5-2-3-7-16(14)17/h2-8,13,15,18,23H,9-12H2,1H3,(H,25,27). The van der Waals surface area contributed by atoms with Crippen molar-refractivity contribution in [3.63, 3.8) is 0 Å². The maximum absolute atomic E-state index is 12.5. The Bertz CT molecular complexity index is 987. The molecule has 0 saturated carbocycles. The molecule has 150 valence electrons. The number of nitrogens with one attached hydrogen (secondary N) is 2. The van der Waals surface area contributed by atoms with E-state index in [0.717, 1.165) is 42.3 Å². The third-order valence-corrected chi connectivity index (χ3v) is 5.34. The normalized spacial score (nSPS) is 19.7. The van der Waals surface area contributed by atoms with Gasteiger partial charge in [-0.1, -0.05) is 36.4 Å². The quantitative estimate of drug-likeness (QED) is 0.616. The second kappa shape index (κ2) is 8.45. The zero-order chi connectivity index (χ0) is 20.2. The molecule has 2 aromatic rings. The van der Waals surface area contributed by atoms with Crippen LogP contribution in [-0.4, -0.2) is 44.2 Å². The molecule has 0 spiro atoms. The maximum atomic E-state index is 12.5. The SMILES string of the molecule is COC(=O)NC(C=C1N=C(c2cccc3ccccc23)OC1=O)C1CCNCC1. The fourth-order valence-corrected chi connectivity index (χ4v) is 3.81. The zero-order valence-corrected chi connectivity index (χ0v) is 16.2. The Balaban J connectivity index is 1.66. The Morgan fingerprint density at radius 1 is 1.24 bits per heavy atom. The Hall–Kier alpha value is -3.19. The highest BCUT2D eigenvalue weighted by atomic mass is 16.6. The molecule has 1 unspecified atom stereocenters. The maximum Gasteiger partial charge on any atom is 0.407 e. The van der Waals surface area contributed by atoms with Crippen LogP contribution in [0.5, 0.6) is 0 Å². The topological polar surface area (TPSA) is 89.0 Å². The molecule has 0 aromatic heterocycles. The van der Waals surface area contributed by atoms with E-state index < -0.39 is 12.1 Å². The Morgan fingerprint density at radius 2 is 2.00 bits per heavy atom. The smallest absolute Gasteiger partial charge is 0.407 e. The molecule has 2 aliphatic rings. The summed E-state index contributed by atoms with van der Waals surface area (Å²) in [4.78, 5) is 28.8. The molecule has 0 radical (unpaired) electrons. The average Bonchev–Trinajstić information content (AvgIpc) is 3.13. The van der Waals surface area contributed by atoms with Gasteiger partial charge >= 0.3 is 12.1 Å². The van der Waals surface area contributed by atoms with Crippen LogP contribution in [0.1, 0.15) is 18.4 Å². The van der Waals surface area contributed by atoms with E-state index in [0.29, 0.717) is 0 Å². The van der Waals surface area contributed by atoms with Gasteiger partial charge < -0.3 is 20.1 Å². The minimum absolute atomic E-state index is 0.187. The second-order valence-corrected chi connectivity index (χ2v) is 7.13. The number of fused-ring (bicyclic) bond motifs is 1. The summed E-state index contributed by atoms with van der Waals surface area (Å²) in [6.45, 7) is 1.73. The number of methoxy groups -OCH3 is 1. The van der Waals surface area contributed by atoms with Gasteiger partial charge in [0.05, 0.1) is 13.2 Å². The number of carbonyl (C=O) groups excluding carboxylic acids is 2. The highest BCUT2D eigenvalue weighted by Gasteiger charge is 2.30. The predicted octanol–water partition coefficient (Wildman–Crippen LogP) is 2.75. The van der Waals surface area contributed by atoms with Crippen LogP contribution in [-0.2, 0) is 14.3 Å². The molecule has 1 amide bonds. The van der Waals surface area contributed by atoms with Gasteiger partial charge in [0.15, 0.2) is 5.70 Å². The van der Waals surface area contributed by atoms with Gasteiger partial charge in [0, 0.05) is 5.56 Å². The number of hydrogen-bond acceptors (Lipinski definition) is 6. The highest BCUT2D eigenvalue weighted by molar-refractivity contribution is 6.16. The van der Waals surface area contributed by atoms with E-state index in [-0.39, 0.29) is 23.6 Å². The lowest BCUT2D eigenvalue weighted by Gasteiger charge is -2.29. The summed E-state index contributed by atoms with van der Waals surface area (Å²) in [6.07, 6.45) is 2.92. The minimum atomic E-state index is -0.532. The van der Waals surface area contributed by atoms with Crippen molar-refractivity contribution in [1.29, 1.82) is 0 Å². The van der Waals surface area contributed by atoms with Gasteiger partial charge in [-0.2, -0.15) is 0 Å². The van der Waals surface area contributed by atoms with Crippen LogP contribution in [0.15, 0.2) is 59.2 Å². The summed E-state index contributed by atoms with van der Waals surface area (Å²) in [5, 5.41) is 8.13. The number of esters is 1. The summed E-state index contributed by atoms with van der Waals surface area (Å²) in [7, 11) is 1.32. The first-order valence-corrected chi connectivity index (χ1v) is 9.72. The monoisotopic (exact) mass is 393 g/mol. The van der Waals surface area contributed by atoms with Crippen molar-refractivity contribution in [2.75, 3.05) is 20.2 Å². The van der Waals surface area contributed by atoms with Crippen molar-refractivity contribution in [3.8, 4) is 0 Å². The van der Waals surface area contributed by atoms with E-state index in [2.05, 4.69) is 15.6 Å². The number of ether oxygens (including phenoxy) is 2. The van der Waals surface area contributed by atoms with Gasteiger partial charge in [0.2, 0.25) is 5.90 Å². The summed E-state index contributed by atoms with van der Waals surface area (Å²) in [6, 6.07) is 13.3. The fourth-order valence-electron chi connectivity index (χ4n) is 3.81. The number of rotatable bonds is 4. The number of amides is 1. The number of nitrogens with zero attached hydrogens (tertiary/aromatic N) is 1. The van der Waals surface area contributed by atoms with E-state index in [9.17, 15) is 9.59 Å². The van der Waals surface area contributed by atoms with E-state index in [1.165, 1.54) is 7.11 Å². The Morgan fingerprint density at radius 3 is 2.79 bits per heavy atom. The minimum Gasteiger partial charge on any atom is -0.453 e.